The maximum Gasteiger partial charge on any atom is 0.185 e. The molecule has 4 rings (SSSR count). The number of hydrogen-bond donors (Lipinski definition) is 1. The van der Waals surface area contributed by atoms with Crippen LogP contribution in [0.15, 0.2) is 65.5 Å². The summed E-state index contributed by atoms with van der Waals surface area (Å²) in [7, 11) is 0. The van der Waals surface area contributed by atoms with Gasteiger partial charge in [-0.05, 0) is 34.1 Å². The van der Waals surface area contributed by atoms with Crippen LogP contribution in [0.1, 0.15) is 5.56 Å². The van der Waals surface area contributed by atoms with Gasteiger partial charge in [0.2, 0.25) is 0 Å². The maximum absolute atomic E-state index is 11.4. The van der Waals surface area contributed by atoms with E-state index in [9.17, 15) is 5.21 Å². The van der Waals surface area contributed by atoms with E-state index in [2.05, 4.69) is 31.3 Å². The number of fused-ring (bicyclic) bond motifs is 1. The number of anilines is 1. The molecule has 0 atom stereocenters. The average Bonchev–Trinajstić information content (AvgIpc) is 3.02. The average molecular weight is 431 g/mol. The fourth-order valence-corrected chi connectivity index (χ4v) is 3.10. The summed E-state index contributed by atoms with van der Waals surface area (Å²) in [5.41, 5.74) is 3.31. The van der Waals surface area contributed by atoms with E-state index < -0.39 is 0 Å². The van der Waals surface area contributed by atoms with Crippen molar-refractivity contribution in [2.75, 3.05) is 5.32 Å². The summed E-state index contributed by atoms with van der Waals surface area (Å²) < 4.78 is 3.30. The molecule has 0 saturated carbocycles. The number of nitrogens with zero attached hydrogens (tertiary/aromatic N) is 4. The predicted octanol–water partition coefficient (Wildman–Crippen LogP) is 4.06. The fraction of sp³-hybridized carbons (Fsp3) is 0.0556. The van der Waals surface area contributed by atoms with E-state index >= 15 is 0 Å². The zero-order chi connectivity index (χ0) is 18.1. The second kappa shape index (κ2) is 6.93. The lowest BCUT2D eigenvalue weighted by Crippen LogP contribution is -2.25. The SMILES string of the molecule is [O-][n+]1cccc(CNc2cc(-c3ccc(Cl)cc3)nc3c(Br)cnn23)c1. The number of benzene rings is 1. The first-order chi connectivity index (χ1) is 12.6. The van der Waals surface area contributed by atoms with Crippen molar-refractivity contribution in [3.8, 4) is 11.3 Å². The molecular formula is C18H13BrClN5O. The molecule has 1 N–H and O–H groups in total. The highest BCUT2D eigenvalue weighted by molar-refractivity contribution is 9.10. The zero-order valence-corrected chi connectivity index (χ0v) is 15.8. The largest absolute Gasteiger partial charge is 0.619 e. The van der Waals surface area contributed by atoms with Crippen LogP contribution in [0, 0.1) is 5.21 Å². The Hall–Kier alpha value is -2.64. The standard InChI is InChI=1S/C18H13BrClN5O/c19-15-10-22-25-17(21-9-12-2-1-7-24(26)11-12)8-16(23-18(15)25)13-3-5-14(20)6-4-13/h1-8,10-11,21H,9H2. The van der Waals surface area contributed by atoms with Crippen molar-refractivity contribution in [1.82, 2.24) is 14.6 Å². The topological polar surface area (TPSA) is 69.2 Å². The highest BCUT2D eigenvalue weighted by Crippen LogP contribution is 2.27. The molecule has 0 radical (unpaired) electrons. The van der Waals surface area contributed by atoms with Crippen LogP contribution in [-0.4, -0.2) is 14.6 Å². The van der Waals surface area contributed by atoms with Gasteiger partial charge in [-0.2, -0.15) is 14.3 Å². The molecule has 0 bridgehead atoms. The first-order valence-corrected chi connectivity index (χ1v) is 8.99. The Labute approximate surface area is 162 Å². The minimum atomic E-state index is 0.486. The maximum atomic E-state index is 11.4. The summed E-state index contributed by atoms with van der Waals surface area (Å²) in [4.78, 5) is 4.68. The lowest BCUT2D eigenvalue weighted by Gasteiger charge is -2.11. The molecule has 130 valence electrons. The van der Waals surface area contributed by atoms with Gasteiger partial charge in [0, 0.05) is 34.8 Å². The van der Waals surface area contributed by atoms with Gasteiger partial charge in [0.25, 0.3) is 0 Å². The second-order valence-corrected chi connectivity index (χ2v) is 6.98. The van der Waals surface area contributed by atoms with Crippen LogP contribution in [0.4, 0.5) is 5.82 Å². The van der Waals surface area contributed by atoms with Gasteiger partial charge in [-0.3, -0.25) is 0 Å². The molecule has 1 aromatic carbocycles. The van der Waals surface area contributed by atoms with Crippen LogP contribution in [0.25, 0.3) is 16.9 Å². The van der Waals surface area contributed by atoms with E-state index in [4.69, 9.17) is 11.6 Å². The van der Waals surface area contributed by atoms with Crippen LogP contribution in [0.3, 0.4) is 0 Å². The third kappa shape index (κ3) is 3.36. The normalized spacial score (nSPS) is 11.0. The number of pyridine rings is 1. The molecule has 0 aliphatic rings. The van der Waals surface area contributed by atoms with Gasteiger partial charge < -0.3 is 10.5 Å². The molecule has 26 heavy (non-hydrogen) atoms. The Kier molecular flexibility index (Phi) is 4.48. The summed E-state index contributed by atoms with van der Waals surface area (Å²) in [6.45, 7) is 0.486. The van der Waals surface area contributed by atoms with Gasteiger partial charge in [0.15, 0.2) is 18.0 Å². The Morgan fingerprint density at radius 2 is 2.04 bits per heavy atom. The van der Waals surface area contributed by atoms with Crippen molar-refractivity contribution in [1.29, 1.82) is 0 Å². The molecule has 0 amide bonds. The van der Waals surface area contributed by atoms with Gasteiger partial charge >= 0.3 is 0 Å². The lowest BCUT2D eigenvalue weighted by atomic mass is 10.1. The van der Waals surface area contributed by atoms with E-state index in [0.717, 1.165) is 31.8 Å². The first kappa shape index (κ1) is 16.8. The number of aromatic nitrogens is 4. The highest BCUT2D eigenvalue weighted by atomic mass is 79.9. The molecule has 8 heteroatoms. The summed E-state index contributed by atoms with van der Waals surface area (Å²) >= 11 is 9.47. The molecule has 0 spiro atoms. The summed E-state index contributed by atoms with van der Waals surface area (Å²) in [6.07, 6.45) is 4.69. The van der Waals surface area contributed by atoms with Gasteiger partial charge in [-0.25, -0.2) is 4.98 Å². The molecule has 6 nitrogen and oxygen atoms in total. The van der Waals surface area contributed by atoms with E-state index in [-0.39, 0.29) is 0 Å². The molecule has 3 heterocycles. The Morgan fingerprint density at radius 3 is 2.81 bits per heavy atom. The van der Waals surface area contributed by atoms with Crippen molar-refractivity contribution in [3.63, 3.8) is 0 Å². The quantitative estimate of drug-likeness (QED) is 0.392. The molecule has 3 aromatic heterocycles. The third-order valence-electron chi connectivity index (χ3n) is 3.88. The fourth-order valence-electron chi connectivity index (χ4n) is 2.63. The lowest BCUT2D eigenvalue weighted by molar-refractivity contribution is -0.605. The molecule has 0 aliphatic carbocycles. The number of halogens is 2. The van der Waals surface area contributed by atoms with Crippen LogP contribution in [0.2, 0.25) is 5.02 Å². The van der Waals surface area contributed by atoms with Crippen LogP contribution in [-0.2, 0) is 6.54 Å². The Bertz CT molecular complexity index is 1080. The van der Waals surface area contributed by atoms with Crippen LogP contribution < -0.4 is 10.0 Å². The van der Waals surface area contributed by atoms with Crippen molar-refractivity contribution in [3.05, 3.63) is 81.3 Å². The zero-order valence-electron chi connectivity index (χ0n) is 13.4. The van der Waals surface area contributed by atoms with Gasteiger partial charge in [0.05, 0.1) is 16.4 Å². The monoisotopic (exact) mass is 429 g/mol. The molecule has 0 aliphatic heterocycles. The van der Waals surface area contributed by atoms with Crippen molar-refractivity contribution in [2.24, 2.45) is 0 Å². The smallest absolute Gasteiger partial charge is 0.185 e. The van der Waals surface area contributed by atoms with Gasteiger partial charge in [-0.1, -0.05) is 23.7 Å². The molecule has 0 saturated heterocycles. The van der Waals surface area contributed by atoms with Crippen molar-refractivity contribution >= 4 is 39.0 Å². The minimum Gasteiger partial charge on any atom is -0.619 e. The molecule has 0 fully saturated rings. The Balaban J connectivity index is 1.74. The summed E-state index contributed by atoms with van der Waals surface area (Å²) in [5, 5.41) is 19.8. The molecule has 0 unspecified atom stereocenters. The van der Waals surface area contributed by atoms with Gasteiger partial charge in [0.1, 0.15) is 5.82 Å². The van der Waals surface area contributed by atoms with Crippen LogP contribution in [0.5, 0.6) is 0 Å². The van der Waals surface area contributed by atoms with Crippen molar-refractivity contribution in [2.45, 2.75) is 6.54 Å². The number of hydrogen-bond acceptors (Lipinski definition) is 4. The number of rotatable bonds is 4. The summed E-state index contributed by atoms with van der Waals surface area (Å²) in [6, 6.07) is 13.0. The first-order valence-electron chi connectivity index (χ1n) is 7.82. The van der Waals surface area contributed by atoms with Gasteiger partial charge in [-0.15, -0.1) is 0 Å². The Morgan fingerprint density at radius 1 is 1.23 bits per heavy atom. The summed E-state index contributed by atoms with van der Waals surface area (Å²) in [5.74, 6) is 0.770. The number of nitrogens with one attached hydrogen (secondary N) is 1. The predicted molar refractivity (Wildman–Crippen MR) is 104 cm³/mol. The second-order valence-electron chi connectivity index (χ2n) is 5.69. The van der Waals surface area contributed by atoms with E-state index in [1.54, 1.807) is 16.8 Å². The molecular weight excluding hydrogens is 418 g/mol. The highest BCUT2D eigenvalue weighted by Gasteiger charge is 2.12. The third-order valence-corrected chi connectivity index (χ3v) is 4.69. The van der Waals surface area contributed by atoms with Crippen LogP contribution >= 0.6 is 27.5 Å². The van der Waals surface area contributed by atoms with Crippen molar-refractivity contribution < 1.29 is 4.73 Å². The van der Waals surface area contributed by atoms with E-state index in [1.165, 1.54) is 12.4 Å². The minimum absolute atomic E-state index is 0.486. The van der Waals surface area contributed by atoms with E-state index in [0.29, 0.717) is 17.2 Å². The molecule has 4 aromatic rings. The van der Waals surface area contributed by atoms with E-state index in [1.807, 2.05) is 36.4 Å².